The second kappa shape index (κ2) is 3.24. The van der Waals surface area contributed by atoms with Gasteiger partial charge >= 0.3 is 0 Å². The van der Waals surface area contributed by atoms with Gasteiger partial charge in [-0.15, -0.1) is 0 Å². The van der Waals surface area contributed by atoms with Crippen molar-refractivity contribution in [1.82, 2.24) is 4.31 Å². The largest absolute Gasteiger partial charge is 0.325 e. The maximum Gasteiger partial charge on any atom is 0.0706 e. The summed E-state index contributed by atoms with van der Waals surface area (Å²) < 4.78 is 4.41. The van der Waals surface area contributed by atoms with Gasteiger partial charge in [0.25, 0.3) is 0 Å². The van der Waals surface area contributed by atoms with Crippen LogP contribution in [0.3, 0.4) is 0 Å². The third kappa shape index (κ3) is 1.52. The fourth-order valence-electron chi connectivity index (χ4n) is 1.23. The summed E-state index contributed by atoms with van der Waals surface area (Å²) in [5.74, 6) is 0. The van der Waals surface area contributed by atoms with Crippen molar-refractivity contribution in [3.05, 3.63) is 32.9 Å². The van der Waals surface area contributed by atoms with Crippen molar-refractivity contribution in [2.45, 2.75) is 5.25 Å². The van der Waals surface area contributed by atoms with Crippen LogP contribution in [-0.2, 0) is 0 Å². The van der Waals surface area contributed by atoms with Gasteiger partial charge in [0.15, 0.2) is 0 Å². The van der Waals surface area contributed by atoms with Crippen LogP contribution in [0.15, 0.2) is 32.9 Å². The molecule has 0 bridgehead atoms. The Kier molecular flexibility index (Phi) is 2.40. The van der Waals surface area contributed by atoms with Crippen LogP contribution in [0, 0.1) is 0 Å². The normalized spacial score (nSPS) is 27.8. The molecular formula is C8H7Br2NS. The van der Waals surface area contributed by atoms with Gasteiger partial charge in [-0.05, 0) is 61.5 Å². The molecule has 1 heterocycles. The van der Waals surface area contributed by atoms with E-state index >= 15 is 0 Å². The fourth-order valence-corrected chi connectivity index (χ4v) is 3.17. The van der Waals surface area contributed by atoms with Gasteiger partial charge in [0.1, 0.15) is 0 Å². The van der Waals surface area contributed by atoms with Crippen LogP contribution in [0.5, 0.6) is 0 Å². The number of hydrogen-bond acceptors (Lipinski definition) is 2. The van der Waals surface area contributed by atoms with Gasteiger partial charge in [-0.3, -0.25) is 0 Å². The van der Waals surface area contributed by atoms with E-state index in [0.29, 0.717) is 5.25 Å². The number of halogens is 2. The summed E-state index contributed by atoms with van der Waals surface area (Å²) >= 11 is 8.81. The first-order valence-corrected chi connectivity index (χ1v) is 5.95. The molecule has 0 saturated heterocycles. The fraction of sp³-hybridized carbons (Fsp3) is 0.250. The summed E-state index contributed by atoms with van der Waals surface area (Å²) in [6.45, 7) is 0. The van der Waals surface area contributed by atoms with Crippen LogP contribution in [0.1, 0.15) is 0 Å². The maximum absolute atomic E-state index is 3.50. The van der Waals surface area contributed by atoms with Gasteiger partial charge in [0, 0.05) is 22.2 Å². The average Bonchev–Trinajstić information content (AvgIpc) is 2.30. The molecule has 4 heteroatoms. The molecule has 2 rings (SSSR count). The molecular weight excluding hydrogens is 302 g/mol. The van der Waals surface area contributed by atoms with Gasteiger partial charge in [0.2, 0.25) is 0 Å². The minimum atomic E-state index is 0.491. The van der Waals surface area contributed by atoms with E-state index in [1.165, 1.54) is 5.57 Å². The smallest absolute Gasteiger partial charge is 0.0706 e. The molecule has 0 amide bonds. The van der Waals surface area contributed by atoms with Crippen molar-refractivity contribution >= 4 is 43.8 Å². The number of fused-ring (bicyclic) bond motifs is 1. The Morgan fingerprint density at radius 2 is 2.17 bits per heavy atom. The summed E-state index contributed by atoms with van der Waals surface area (Å²) in [6.07, 6.45) is 6.53. The SMILES string of the molecule is CN1C=C2C=C(Br)C(Br)=CC2S1. The number of nitrogens with zero attached hydrogens (tertiary/aromatic N) is 1. The maximum atomic E-state index is 3.50. The highest BCUT2D eigenvalue weighted by Gasteiger charge is 2.24. The lowest BCUT2D eigenvalue weighted by atomic mass is 10.1. The molecule has 64 valence electrons. The monoisotopic (exact) mass is 307 g/mol. The first kappa shape index (κ1) is 8.91. The highest BCUT2D eigenvalue weighted by atomic mass is 79.9. The molecule has 1 atom stereocenters. The predicted octanol–water partition coefficient (Wildman–Crippen LogP) is 3.40. The van der Waals surface area contributed by atoms with Gasteiger partial charge in [-0.2, -0.15) is 0 Å². The zero-order valence-corrected chi connectivity index (χ0v) is 10.4. The molecule has 0 N–H and O–H groups in total. The molecule has 12 heavy (non-hydrogen) atoms. The van der Waals surface area contributed by atoms with E-state index < -0.39 is 0 Å². The van der Waals surface area contributed by atoms with Crippen molar-refractivity contribution in [2.75, 3.05) is 7.05 Å². The molecule has 1 nitrogen and oxygen atoms in total. The first-order valence-electron chi connectivity index (χ1n) is 3.53. The average molecular weight is 309 g/mol. The molecule has 1 aliphatic carbocycles. The lowest BCUT2D eigenvalue weighted by Gasteiger charge is -2.13. The Bertz CT molecular complexity index is 306. The van der Waals surface area contributed by atoms with Crippen molar-refractivity contribution in [3.8, 4) is 0 Å². The Hall–Kier alpha value is 0.330. The van der Waals surface area contributed by atoms with Crippen molar-refractivity contribution in [1.29, 1.82) is 0 Å². The van der Waals surface area contributed by atoms with Crippen LogP contribution in [0.4, 0.5) is 0 Å². The number of allylic oxidation sites excluding steroid dienone is 3. The molecule has 1 aliphatic heterocycles. The zero-order chi connectivity index (χ0) is 8.72. The Morgan fingerprint density at radius 1 is 1.42 bits per heavy atom. The molecule has 0 fully saturated rings. The molecule has 0 aromatic carbocycles. The number of rotatable bonds is 0. The molecule has 1 unspecified atom stereocenters. The van der Waals surface area contributed by atoms with Gasteiger partial charge in [-0.25, -0.2) is 0 Å². The van der Waals surface area contributed by atoms with E-state index in [1.807, 2.05) is 11.9 Å². The minimum absolute atomic E-state index is 0.491. The Labute approximate surface area is 93.0 Å². The molecule has 0 radical (unpaired) electrons. The third-order valence-electron chi connectivity index (χ3n) is 1.76. The summed E-state index contributed by atoms with van der Waals surface area (Å²) in [4.78, 5) is 0. The minimum Gasteiger partial charge on any atom is -0.325 e. The summed E-state index contributed by atoms with van der Waals surface area (Å²) in [5, 5.41) is 0.491. The third-order valence-corrected chi connectivity index (χ3v) is 4.71. The van der Waals surface area contributed by atoms with Crippen LogP contribution >= 0.6 is 43.8 Å². The molecule has 2 aliphatic rings. The highest BCUT2D eigenvalue weighted by Crippen LogP contribution is 2.40. The molecule has 0 aromatic heterocycles. The van der Waals surface area contributed by atoms with Crippen LogP contribution in [0.2, 0.25) is 0 Å². The van der Waals surface area contributed by atoms with E-state index in [4.69, 9.17) is 0 Å². The standard InChI is InChI=1S/C8H7Br2NS/c1-11-4-5-2-6(9)7(10)3-8(5)12-11/h2-4,8H,1H3. The van der Waals surface area contributed by atoms with Crippen LogP contribution < -0.4 is 0 Å². The lowest BCUT2D eigenvalue weighted by molar-refractivity contribution is 0.786. The van der Waals surface area contributed by atoms with E-state index in [9.17, 15) is 0 Å². The molecule has 0 spiro atoms. The second-order valence-corrected chi connectivity index (χ2v) is 5.71. The lowest BCUT2D eigenvalue weighted by Crippen LogP contribution is -2.03. The van der Waals surface area contributed by atoms with Gasteiger partial charge in [-0.1, -0.05) is 0 Å². The van der Waals surface area contributed by atoms with Crippen molar-refractivity contribution in [3.63, 3.8) is 0 Å². The van der Waals surface area contributed by atoms with Crippen LogP contribution in [-0.4, -0.2) is 16.6 Å². The van der Waals surface area contributed by atoms with E-state index in [0.717, 1.165) is 8.96 Å². The summed E-state index contributed by atoms with van der Waals surface area (Å²) in [6, 6.07) is 0. The van der Waals surface area contributed by atoms with E-state index in [1.54, 1.807) is 0 Å². The second-order valence-electron chi connectivity index (χ2n) is 2.71. The molecule has 0 aromatic rings. The van der Waals surface area contributed by atoms with Crippen molar-refractivity contribution < 1.29 is 0 Å². The Morgan fingerprint density at radius 3 is 2.92 bits per heavy atom. The van der Waals surface area contributed by atoms with Gasteiger partial charge in [0.05, 0.1) is 5.25 Å². The topological polar surface area (TPSA) is 3.24 Å². The number of hydrogen-bond donors (Lipinski definition) is 0. The zero-order valence-electron chi connectivity index (χ0n) is 6.42. The first-order chi connectivity index (χ1) is 5.66. The predicted molar refractivity (Wildman–Crippen MR) is 61.2 cm³/mol. The quantitative estimate of drug-likeness (QED) is 0.631. The van der Waals surface area contributed by atoms with Crippen LogP contribution in [0.25, 0.3) is 0 Å². The summed E-state index contributed by atoms with van der Waals surface area (Å²) in [5.41, 5.74) is 1.36. The molecule has 0 saturated carbocycles. The Balaban J connectivity index is 2.35. The highest BCUT2D eigenvalue weighted by molar-refractivity contribution is 9.15. The van der Waals surface area contributed by atoms with Gasteiger partial charge < -0.3 is 4.31 Å². The van der Waals surface area contributed by atoms with Crippen molar-refractivity contribution in [2.24, 2.45) is 0 Å². The van der Waals surface area contributed by atoms with E-state index in [-0.39, 0.29) is 0 Å². The summed E-state index contributed by atoms with van der Waals surface area (Å²) in [7, 11) is 2.07. The van der Waals surface area contributed by atoms with E-state index in [2.05, 4.69) is 61.6 Å².